The average Bonchev–Trinajstić information content (AvgIpc) is 2.95. The van der Waals surface area contributed by atoms with Gasteiger partial charge in [-0.1, -0.05) is 29.5 Å². The van der Waals surface area contributed by atoms with Gasteiger partial charge in [-0.2, -0.15) is 5.10 Å². The van der Waals surface area contributed by atoms with Crippen LogP contribution in [0.3, 0.4) is 0 Å². The minimum absolute atomic E-state index is 0.787. The molecule has 6 heteroatoms. The molecule has 0 aliphatic rings. The quantitative estimate of drug-likeness (QED) is 0.575. The lowest BCUT2D eigenvalue weighted by Crippen LogP contribution is -2.13. The lowest BCUT2D eigenvalue weighted by atomic mass is 10.2. The normalized spacial score (nSPS) is 12.1. The first-order valence-electron chi connectivity index (χ1n) is 7.39. The van der Waals surface area contributed by atoms with Crippen molar-refractivity contribution in [2.45, 2.75) is 13.5 Å². The number of anilines is 1. The standard InChI is InChI=1S/C17H19N5S/c1-12(14-9-6-7-13(18-14)11-22(2)3)20-21-17-19-15-8-4-5-10-16(15)23-17/h4-10H,11H2,1-3H3,(H,19,21)/b20-12+. The number of aromatic nitrogens is 2. The Kier molecular flexibility index (Phi) is 4.64. The van der Waals surface area contributed by atoms with Gasteiger partial charge in [-0.15, -0.1) is 0 Å². The van der Waals surface area contributed by atoms with Crippen LogP contribution >= 0.6 is 11.3 Å². The van der Waals surface area contributed by atoms with E-state index in [9.17, 15) is 0 Å². The zero-order chi connectivity index (χ0) is 16.2. The number of hydrogen-bond acceptors (Lipinski definition) is 6. The van der Waals surface area contributed by atoms with Crippen molar-refractivity contribution in [3.63, 3.8) is 0 Å². The lowest BCUT2D eigenvalue weighted by molar-refractivity contribution is 0.397. The third-order valence-corrected chi connectivity index (χ3v) is 4.21. The fraction of sp³-hybridized carbons (Fsp3) is 0.235. The second-order valence-electron chi connectivity index (χ2n) is 5.55. The van der Waals surface area contributed by atoms with Crippen LogP contribution in [0.2, 0.25) is 0 Å². The van der Waals surface area contributed by atoms with Crippen molar-refractivity contribution >= 4 is 32.4 Å². The zero-order valence-electron chi connectivity index (χ0n) is 13.4. The van der Waals surface area contributed by atoms with E-state index in [2.05, 4.69) is 31.5 Å². The number of benzene rings is 1. The Morgan fingerprint density at radius 2 is 1.96 bits per heavy atom. The number of hydrazone groups is 1. The highest BCUT2D eigenvalue weighted by molar-refractivity contribution is 7.22. The minimum Gasteiger partial charge on any atom is -0.304 e. The van der Waals surface area contributed by atoms with Crippen molar-refractivity contribution in [2.75, 3.05) is 19.5 Å². The minimum atomic E-state index is 0.787. The predicted octanol–water partition coefficient (Wildman–Crippen LogP) is 3.59. The van der Waals surface area contributed by atoms with Crippen LogP contribution < -0.4 is 5.43 Å². The van der Waals surface area contributed by atoms with Crippen LogP contribution in [0.5, 0.6) is 0 Å². The van der Waals surface area contributed by atoms with Crippen LogP contribution in [0.1, 0.15) is 18.3 Å². The van der Waals surface area contributed by atoms with Gasteiger partial charge in [-0.05, 0) is 45.3 Å². The van der Waals surface area contributed by atoms with E-state index in [1.54, 1.807) is 11.3 Å². The maximum atomic E-state index is 4.64. The molecule has 0 bridgehead atoms. The molecule has 2 heterocycles. The van der Waals surface area contributed by atoms with Crippen LogP contribution in [0.4, 0.5) is 5.13 Å². The molecule has 0 unspecified atom stereocenters. The summed E-state index contributed by atoms with van der Waals surface area (Å²) in [6.07, 6.45) is 0. The van der Waals surface area contributed by atoms with E-state index in [4.69, 9.17) is 0 Å². The van der Waals surface area contributed by atoms with Gasteiger partial charge < -0.3 is 4.90 Å². The maximum Gasteiger partial charge on any atom is 0.204 e. The molecule has 3 rings (SSSR count). The number of nitrogens with zero attached hydrogens (tertiary/aromatic N) is 4. The fourth-order valence-corrected chi connectivity index (χ4v) is 3.01. The SMILES string of the molecule is C/C(=N\Nc1nc2ccccc2s1)c1cccc(CN(C)C)n1. The molecular weight excluding hydrogens is 306 g/mol. The number of para-hydroxylation sites is 1. The van der Waals surface area contributed by atoms with Crippen LogP contribution in [-0.4, -0.2) is 34.7 Å². The van der Waals surface area contributed by atoms with Gasteiger partial charge in [0, 0.05) is 6.54 Å². The van der Waals surface area contributed by atoms with E-state index in [1.165, 1.54) is 0 Å². The first-order valence-corrected chi connectivity index (χ1v) is 8.20. The summed E-state index contributed by atoms with van der Waals surface area (Å²) in [4.78, 5) is 11.2. The Balaban J connectivity index is 1.76. The summed E-state index contributed by atoms with van der Waals surface area (Å²) in [6.45, 7) is 2.76. The van der Waals surface area contributed by atoms with E-state index in [0.717, 1.165) is 39.0 Å². The Morgan fingerprint density at radius 3 is 2.74 bits per heavy atom. The lowest BCUT2D eigenvalue weighted by Gasteiger charge is -2.09. The van der Waals surface area contributed by atoms with Crippen molar-refractivity contribution < 1.29 is 0 Å². The molecule has 118 valence electrons. The highest BCUT2D eigenvalue weighted by atomic mass is 32.1. The Labute approximate surface area is 139 Å². The monoisotopic (exact) mass is 325 g/mol. The molecule has 0 amide bonds. The third kappa shape index (κ3) is 3.91. The molecule has 0 aliphatic heterocycles. The van der Waals surface area contributed by atoms with Gasteiger partial charge in [0.2, 0.25) is 5.13 Å². The number of fused-ring (bicyclic) bond motifs is 1. The second-order valence-corrected chi connectivity index (χ2v) is 6.58. The summed E-state index contributed by atoms with van der Waals surface area (Å²) in [5.41, 5.74) is 6.76. The molecule has 0 radical (unpaired) electrons. The average molecular weight is 325 g/mol. The summed E-state index contributed by atoms with van der Waals surface area (Å²) < 4.78 is 1.15. The van der Waals surface area contributed by atoms with E-state index in [0.29, 0.717) is 0 Å². The van der Waals surface area contributed by atoms with Gasteiger partial charge in [-0.3, -0.25) is 10.4 Å². The summed E-state index contributed by atoms with van der Waals surface area (Å²) >= 11 is 1.59. The molecule has 0 saturated carbocycles. The highest BCUT2D eigenvalue weighted by Crippen LogP contribution is 2.25. The van der Waals surface area contributed by atoms with E-state index < -0.39 is 0 Å². The van der Waals surface area contributed by atoms with Crippen LogP contribution in [0.25, 0.3) is 10.2 Å². The summed E-state index contributed by atoms with van der Waals surface area (Å²) in [6, 6.07) is 14.1. The van der Waals surface area contributed by atoms with Gasteiger partial charge in [-0.25, -0.2) is 4.98 Å². The molecule has 5 nitrogen and oxygen atoms in total. The van der Waals surface area contributed by atoms with Gasteiger partial charge in [0.25, 0.3) is 0 Å². The number of pyridine rings is 1. The van der Waals surface area contributed by atoms with Crippen molar-refractivity contribution in [1.29, 1.82) is 0 Å². The molecule has 23 heavy (non-hydrogen) atoms. The Hall–Kier alpha value is -2.31. The van der Waals surface area contributed by atoms with Gasteiger partial charge in [0.1, 0.15) is 0 Å². The summed E-state index contributed by atoms with van der Waals surface area (Å²) in [5, 5.41) is 5.21. The van der Waals surface area contributed by atoms with Crippen molar-refractivity contribution in [3.05, 3.63) is 53.9 Å². The molecule has 2 aromatic heterocycles. The topological polar surface area (TPSA) is 53.4 Å². The molecule has 0 spiro atoms. The molecule has 3 aromatic rings. The number of rotatable bonds is 5. The smallest absolute Gasteiger partial charge is 0.204 e. The highest BCUT2D eigenvalue weighted by Gasteiger charge is 2.04. The summed E-state index contributed by atoms with van der Waals surface area (Å²) in [5.74, 6) is 0. The van der Waals surface area contributed by atoms with E-state index in [1.807, 2.05) is 57.4 Å². The number of hydrogen-bond donors (Lipinski definition) is 1. The third-order valence-electron chi connectivity index (χ3n) is 3.27. The first-order chi connectivity index (χ1) is 11.1. The maximum absolute atomic E-state index is 4.64. The molecule has 0 atom stereocenters. The van der Waals surface area contributed by atoms with Crippen LogP contribution in [0.15, 0.2) is 47.6 Å². The number of nitrogens with one attached hydrogen (secondary N) is 1. The zero-order valence-corrected chi connectivity index (χ0v) is 14.3. The van der Waals surface area contributed by atoms with Gasteiger partial charge >= 0.3 is 0 Å². The summed E-state index contributed by atoms with van der Waals surface area (Å²) in [7, 11) is 4.06. The molecule has 0 fully saturated rings. The van der Waals surface area contributed by atoms with Crippen LogP contribution in [-0.2, 0) is 6.54 Å². The number of thiazole rings is 1. The van der Waals surface area contributed by atoms with Crippen molar-refractivity contribution in [1.82, 2.24) is 14.9 Å². The van der Waals surface area contributed by atoms with E-state index in [-0.39, 0.29) is 0 Å². The van der Waals surface area contributed by atoms with Crippen molar-refractivity contribution in [3.8, 4) is 0 Å². The Morgan fingerprint density at radius 1 is 1.13 bits per heavy atom. The second kappa shape index (κ2) is 6.85. The molecule has 0 saturated heterocycles. The molecule has 1 aromatic carbocycles. The van der Waals surface area contributed by atoms with E-state index >= 15 is 0 Å². The molecule has 1 N–H and O–H groups in total. The fourth-order valence-electron chi connectivity index (χ4n) is 2.20. The van der Waals surface area contributed by atoms with Gasteiger partial charge in [0.15, 0.2) is 0 Å². The van der Waals surface area contributed by atoms with Crippen LogP contribution in [0, 0.1) is 0 Å². The van der Waals surface area contributed by atoms with Gasteiger partial charge in [0.05, 0.1) is 27.3 Å². The Bertz CT molecular complexity index is 805. The molecular formula is C17H19N5S. The molecule has 0 aliphatic carbocycles. The van der Waals surface area contributed by atoms with Crippen molar-refractivity contribution in [2.24, 2.45) is 5.10 Å². The largest absolute Gasteiger partial charge is 0.304 e. The predicted molar refractivity (Wildman–Crippen MR) is 97.1 cm³/mol. The first kappa shape index (κ1) is 15.6.